The van der Waals surface area contributed by atoms with Crippen LogP contribution in [0.3, 0.4) is 0 Å². The van der Waals surface area contributed by atoms with Crippen LogP contribution in [0.2, 0.25) is 0 Å². The number of aromatic nitrogens is 2. The van der Waals surface area contributed by atoms with E-state index in [0.29, 0.717) is 17.7 Å². The number of nitrogens with zero attached hydrogens (tertiary/aromatic N) is 2. The van der Waals surface area contributed by atoms with E-state index in [1.165, 1.54) is 18.2 Å². The van der Waals surface area contributed by atoms with Crippen molar-refractivity contribution in [1.29, 1.82) is 0 Å². The van der Waals surface area contributed by atoms with Gasteiger partial charge in [-0.25, -0.2) is 4.98 Å². The Morgan fingerprint density at radius 2 is 1.93 bits per heavy atom. The third kappa shape index (κ3) is 5.48. The number of alkyl halides is 3. The number of nitrogens with one attached hydrogen (secondary N) is 2. The first-order valence-corrected chi connectivity index (χ1v) is 9.13. The van der Waals surface area contributed by atoms with Gasteiger partial charge in [0.05, 0.1) is 24.0 Å². The lowest BCUT2D eigenvalue weighted by molar-refractivity contribution is -0.274. The molecule has 152 valence electrons. The molecule has 3 rings (SSSR count). The zero-order valence-electron chi connectivity index (χ0n) is 15.6. The Labute approximate surface area is 161 Å². The zero-order valence-corrected chi connectivity index (χ0v) is 15.6. The smallest absolute Gasteiger partial charge is 0.404 e. The van der Waals surface area contributed by atoms with E-state index in [0.717, 1.165) is 18.5 Å². The van der Waals surface area contributed by atoms with Crippen molar-refractivity contribution in [2.75, 3.05) is 17.2 Å². The molecule has 1 fully saturated rings. The van der Waals surface area contributed by atoms with Crippen molar-refractivity contribution >= 4 is 17.5 Å². The van der Waals surface area contributed by atoms with Crippen molar-refractivity contribution in [1.82, 2.24) is 9.97 Å². The molecule has 1 heterocycles. The minimum absolute atomic E-state index is 0.0836. The summed E-state index contributed by atoms with van der Waals surface area (Å²) in [7, 11) is 0. The second kappa shape index (κ2) is 8.22. The van der Waals surface area contributed by atoms with Gasteiger partial charge in [-0.1, -0.05) is 26.0 Å². The van der Waals surface area contributed by atoms with Gasteiger partial charge in [-0.3, -0.25) is 0 Å². The molecule has 1 aromatic heterocycles. The number of rotatable bonds is 8. The van der Waals surface area contributed by atoms with E-state index in [2.05, 4.69) is 25.3 Å². The van der Waals surface area contributed by atoms with Gasteiger partial charge in [-0.15, -0.1) is 13.2 Å². The van der Waals surface area contributed by atoms with E-state index in [9.17, 15) is 18.3 Å². The van der Waals surface area contributed by atoms with Crippen LogP contribution in [0, 0.1) is 5.92 Å². The minimum atomic E-state index is -4.79. The Hall–Kier alpha value is -2.55. The SMILES string of the molecule is CC(C)[C@H](CO)Nc1nc(Nc2ccccc2OC(F)(F)F)cc(C2CC2)n1. The van der Waals surface area contributed by atoms with Crippen LogP contribution < -0.4 is 15.4 Å². The van der Waals surface area contributed by atoms with Crippen molar-refractivity contribution in [3.63, 3.8) is 0 Å². The molecule has 0 amide bonds. The van der Waals surface area contributed by atoms with Gasteiger partial charge in [0.1, 0.15) is 5.82 Å². The molecule has 1 atom stereocenters. The van der Waals surface area contributed by atoms with Crippen LogP contribution in [0.15, 0.2) is 30.3 Å². The van der Waals surface area contributed by atoms with Gasteiger partial charge < -0.3 is 20.5 Å². The van der Waals surface area contributed by atoms with Gasteiger partial charge >= 0.3 is 6.36 Å². The Morgan fingerprint density at radius 1 is 1.21 bits per heavy atom. The highest BCUT2D eigenvalue weighted by Crippen LogP contribution is 2.40. The van der Waals surface area contributed by atoms with Crippen LogP contribution in [0.25, 0.3) is 0 Å². The van der Waals surface area contributed by atoms with Gasteiger partial charge in [0.2, 0.25) is 5.95 Å². The second-order valence-electron chi connectivity index (χ2n) is 7.12. The van der Waals surface area contributed by atoms with Crippen molar-refractivity contribution in [3.8, 4) is 5.75 Å². The maximum atomic E-state index is 12.7. The number of para-hydroxylation sites is 2. The summed E-state index contributed by atoms with van der Waals surface area (Å²) in [5, 5.41) is 15.5. The molecule has 9 heteroatoms. The average molecular weight is 396 g/mol. The number of halogens is 3. The first kappa shape index (κ1) is 20.2. The molecule has 3 N–H and O–H groups in total. The molecule has 2 aromatic rings. The summed E-state index contributed by atoms with van der Waals surface area (Å²) in [6.45, 7) is 3.84. The predicted molar refractivity (Wildman–Crippen MR) is 99.7 cm³/mol. The van der Waals surface area contributed by atoms with Crippen molar-refractivity contribution in [3.05, 3.63) is 36.0 Å². The third-order valence-electron chi connectivity index (χ3n) is 4.43. The number of anilines is 3. The molecular weight excluding hydrogens is 373 g/mol. The molecule has 1 aliphatic rings. The van der Waals surface area contributed by atoms with E-state index in [-0.39, 0.29) is 30.0 Å². The van der Waals surface area contributed by atoms with E-state index >= 15 is 0 Å². The molecule has 0 radical (unpaired) electrons. The maximum Gasteiger partial charge on any atom is 0.573 e. The summed E-state index contributed by atoms with van der Waals surface area (Å²) in [4.78, 5) is 8.87. The third-order valence-corrected chi connectivity index (χ3v) is 4.43. The predicted octanol–water partition coefficient (Wildman–Crippen LogP) is 4.43. The molecule has 0 unspecified atom stereocenters. The lowest BCUT2D eigenvalue weighted by Gasteiger charge is -2.21. The lowest BCUT2D eigenvalue weighted by Crippen LogP contribution is -2.30. The number of aliphatic hydroxyl groups excluding tert-OH is 1. The molecule has 1 aromatic carbocycles. The highest BCUT2D eigenvalue weighted by atomic mass is 19.4. The summed E-state index contributed by atoms with van der Waals surface area (Å²) in [5.74, 6) is 0.811. The zero-order chi connectivity index (χ0) is 20.3. The van der Waals surface area contributed by atoms with Gasteiger partial charge in [-0.2, -0.15) is 4.98 Å². The molecule has 0 bridgehead atoms. The molecule has 0 saturated heterocycles. The standard InChI is InChI=1S/C19H23F3N4O2/c1-11(2)15(10-27)25-18-24-14(12-7-8-12)9-17(26-18)23-13-5-3-4-6-16(13)28-19(20,21)22/h3-6,9,11-12,15,27H,7-8,10H2,1-2H3,(H2,23,24,25,26)/t15-/m0/s1. The quantitative estimate of drug-likeness (QED) is 0.613. The number of ether oxygens (including phenoxy) is 1. The maximum absolute atomic E-state index is 12.7. The lowest BCUT2D eigenvalue weighted by atomic mass is 10.1. The number of aliphatic hydroxyl groups is 1. The van der Waals surface area contributed by atoms with Crippen LogP contribution >= 0.6 is 0 Å². The van der Waals surface area contributed by atoms with Crippen LogP contribution in [0.5, 0.6) is 5.75 Å². The van der Waals surface area contributed by atoms with Crippen molar-refractivity contribution in [2.24, 2.45) is 5.92 Å². The van der Waals surface area contributed by atoms with Gasteiger partial charge in [0.15, 0.2) is 5.75 Å². The van der Waals surface area contributed by atoms with E-state index in [1.54, 1.807) is 12.1 Å². The fourth-order valence-corrected chi connectivity index (χ4v) is 2.69. The molecule has 28 heavy (non-hydrogen) atoms. The average Bonchev–Trinajstić information content (AvgIpc) is 3.45. The largest absolute Gasteiger partial charge is 0.573 e. The summed E-state index contributed by atoms with van der Waals surface area (Å²) < 4.78 is 42.0. The topological polar surface area (TPSA) is 79.3 Å². The van der Waals surface area contributed by atoms with Crippen molar-refractivity contribution in [2.45, 2.75) is 45.0 Å². The Balaban J connectivity index is 1.88. The van der Waals surface area contributed by atoms with Gasteiger partial charge in [0.25, 0.3) is 0 Å². The van der Waals surface area contributed by atoms with E-state index in [4.69, 9.17) is 0 Å². The molecule has 0 spiro atoms. The molecule has 6 nitrogen and oxygen atoms in total. The Morgan fingerprint density at radius 3 is 2.54 bits per heavy atom. The Kier molecular flexibility index (Phi) is 5.93. The molecule has 0 aliphatic heterocycles. The van der Waals surface area contributed by atoms with E-state index in [1.807, 2.05) is 13.8 Å². The van der Waals surface area contributed by atoms with E-state index < -0.39 is 6.36 Å². The van der Waals surface area contributed by atoms with Gasteiger partial charge in [0, 0.05) is 12.0 Å². The first-order chi connectivity index (χ1) is 13.2. The fraction of sp³-hybridized carbons (Fsp3) is 0.474. The monoisotopic (exact) mass is 396 g/mol. The number of hydrogen-bond donors (Lipinski definition) is 3. The van der Waals surface area contributed by atoms with Crippen molar-refractivity contribution < 1.29 is 23.0 Å². The summed E-state index contributed by atoms with van der Waals surface area (Å²) in [6, 6.07) is 7.29. The fourth-order valence-electron chi connectivity index (χ4n) is 2.69. The second-order valence-corrected chi connectivity index (χ2v) is 7.12. The summed E-state index contributed by atoms with van der Waals surface area (Å²) in [6.07, 6.45) is -2.77. The van der Waals surface area contributed by atoms with Crippen LogP contribution in [-0.4, -0.2) is 34.1 Å². The van der Waals surface area contributed by atoms with Crippen LogP contribution in [0.1, 0.15) is 38.3 Å². The Bertz CT molecular complexity index is 810. The van der Waals surface area contributed by atoms with Gasteiger partial charge in [-0.05, 0) is 30.9 Å². The highest BCUT2D eigenvalue weighted by molar-refractivity contribution is 5.65. The normalized spacial score (nSPS) is 15.4. The number of hydrogen-bond acceptors (Lipinski definition) is 6. The summed E-state index contributed by atoms with van der Waals surface area (Å²) >= 11 is 0. The minimum Gasteiger partial charge on any atom is -0.404 e. The summed E-state index contributed by atoms with van der Waals surface area (Å²) in [5.41, 5.74) is 0.962. The molecular formula is C19H23F3N4O2. The highest BCUT2D eigenvalue weighted by Gasteiger charge is 2.32. The molecule has 1 saturated carbocycles. The van der Waals surface area contributed by atoms with Crippen LogP contribution in [-0.2, 0) is 0 Å². The first-order valence-electron chi connectivity index (χ1n) is 9.13. The number of benzene rings is 1. The van der Waals surface area contributed by atoms with Crippen LogP contribution in [0.4, 0.5) is 30.6 Å². The molecule has 1 aliphatic carbocycles.